The molecular weight excluding hydrogens is 298 g/mol. The molecule has 0 aliphatic heterocycles. The van der Waals surface area contributed by atoms with Crippen molar-refractivity contribution in [3.05, 3.63) is 35.5 Å². The van der Waals surface area contributed by atoms with Crippen LogP contribution in [-0.4, -0.2) is 35.4 Å². The predicted octanol–water partition coefficient (Wildman–Crippen LogP) is 3.95. The van der Waals surface area contributed by atoms with Gasteiger partial charge in [-0.1, -0.05) is 11.6 Å². The van der Waals surface area contributed by atoms with Crippen LogP contribution in [0.3, 0.4) is 0 Å². The second kappa shape index (κ2) is 7.99. The van der Waals surface area contributed by atoms with Crippen LogP contribution in [0.4, 0.5) is 5.69 Å². The Labute approximate surface area is 136 Å². The number of aromatic nitrogens is 1. The molecule has 1 amide bonds. The maximum atomic E-state index is 11.9. The molecule has 0 saturated heterocycles. The number of nitrogens with zero attached hydrogens (tertiary/aromatic N) is 2. The maximum absolute atomic E-state index is 11.9. The first-order valence-electron chi connectivity index (χ1n) is 7.71. The number of rotatable bonds is 7. The molecule has 0 spiro atoms. The van der Waals surface area contributed by atoms with Crippen LogP contribution in [0.15, 0.2) is 30.5 Å². The lowest BCUT2D eigenvalue weighted by atomic mass is 10.2. The first kappa shape index (κ1) is 16.6. The summed E-state index contributed by atoms with van der Waals surface area (Å²) in [4.78, 5) is 18.1. The highest BCUT2D eigenvalue weighted by Gasteiger charge is 2.08. The van der Waals surface area contributed by atoms with Gasteiger partial charge in [0.15, 0.2) is 0 Å². The number of carbonyl (C=O) groups excluding carboxylic acids is 1. The summed E-state index contributed by atoms with van der Waals surface area (Å²) in [6.07, 6.45) is 3.15. The highest BCUT2D eigenvalue weighted by atomic mass is 35.5. The molecule has 1 heterocycles. The van der Waals surface area contributed by atoms with Crippen LogP contribution < -0.4 is 5.32 Å². The Morgan fingerprint density at radius 2 is 2.05 bits per heavy atom. The predicted molar refractivity (Wildman–Crippen MR) is 92.4 cm³/mol. The molecule has 2 aromatic rings. The van der Waals surface area contributed by atoms with E-state index < -0.39 is 0 Å². The monoisotopic (exact) mass is 319 g/mol. The SMILES string of the molecule is CCN(CC)C(=O)CCCNc1ccnc2cc(Cl)ccc12. The summed E-state index contributed by atoms with van der Waals surface area (Å²) >= 11 is 5.99. The summed E-state index contributed by atoms with van der Waals surface area (Å²) in [5.41, 5.74) is 1.90. The molecular formula is C17H22ClN3O. The highest BCUT2D eigenvalue weighted by molar-refractivity contribution is 6.31. The molecule has 1 aromatic carbocycles. The zero-order chi connectivity index (χ0) is 15.9. The molecule has 0 aliphatic rings. The summed E-state index contributed by atoms with van der Waals surface area (Å²) < 4.78 is 0. The Morgan fingerprint density at radius 3 is 2.77 bits per heavy atom. The smallest absolute Gasteiger partial charge is 0.222 e. The van der Waals surface area contributed by atoms with E-state index in [2.05, 4.69) is 10.3 Å². The van der Waals surface area contributed by atoms with E-state index in [0.29, 0.717) is 11.4 Å². The largest absolute Gasteiger partial charge is 0.384 e. The van der Waals surface area contributed by atoms with Gasteiger partial charge < -0.3 is 10.2 Å². The van der Waals surface area contributed by atoms with Gasteiger partial charge in [0.1, 0.15) is 0 Å². The summed E-state index contributed by atoms with van der Waals surface area (Å²) in [6.45, 7) is 6.33. The number of anilines is 1. The van der Waals surface area contributed by atoms with Crippen molar-refractivity contribution >= 4 is 34.1 Å². The van der Waals surface area contributed by atoms with Crippen LogP contribution in [0.2, 0.25) is 5.02 Å². The Kier molecular flexibility index (Phi) is 6.01. The molecule has 0 radical (unpaired) electrons. The van der Waals surface area contributed by atoms with Gasteiger partial charge in [-0.05, 0) is 44.5 Å². The van der Waals surface area contributed by atoms with Gasteiger partial charge in [0, 0.05) is 48.3 Å². The molecule has 4 nitrogen and oxygen atoms in total. The molecule has 1 aromatic heterocycles. The number of carbonyl (C=O) groups is 1. The third-order valence-corrected chi connectivity index (χ3v) is 3.94. The molecule has 118 valence electrons. The average molecular weight is 320 g/mol. The molecule has 0 bridgehead atoms. The molecule has 0 fully saturated rings. The van der Waals surface area contributed by atoms with Crippen molar-refractivity contribution in [2.24, 2.45) is 0 Å². The van der Waals surface area contributed by atoms with E-state index in [-0.39, 0.29) is 5.91 Å². The molecule has 0 aliphatic carbocycles. The number of halogens is 1. The Bertz CT molecular complexity index is 641. The third kappa shape index (κ3) is 4.10. The van der Waals surface area contributed by atoms with E-state index in [1.54, 1.807) is 6.20 Å². The van der Waals surface area contributed by atoms with Gasteiger partial charge in [-0.3, -0.25) is 9.78 Å². The molecule has 0 saturated carbocycles. The topological polar surface area (TPSA) is 45.2 Å². The number of hydrogen-bond acceptors (Lipinski definition) is 3. The number of pyridine rings is 1. The maximum Gasteiger partial charge on any atom is 0.222 e. The minimum Gasteiger partial charge on any atom is -0.384 e. The molecule has 2 rings (SSSR count). The van der Waals surface area contributed by atoms with Crippen LogP contribution in [-0.2, 0) is 4.79 Å². The first-order chi connectivity index (χ1) is 10.7. The average Bonchev–Trinajstić information content (AvgIpc) is 2.52. The van der Waals surface area contributed by atoms with E-state index in [0.717, 1.165) is 42.6 Å². The summed E-state index contributed by atoms with van der Waals surface area (Å²) in [5.74, 6) is 0.221. The number of amides is 1. The van der Waals surface area contributed by atoms with Gasteiger partial charge in [0.2, 0.25) is 5.91 Å². The van der Waals surface area contributed by atoms with Crippen molar-refractivity contribution in [1.29, 1.82) is 0 Å². The van der Waals surface area contributed by atoms with Crippen molar-refractivity contribution in [3.8, 4) is 0 Å². The number of hydrogen-bond donors (Lipinski definition) is 1. The molecule has 1 N–H and O–H groups in total. The lowest BCUT2D eigenvalue weighted by Gasteiger charge is -2.18. The van der Waals surface area contributed by atoms with Gasteiger partial charge in [-0.25, -0.2) is 0 Å². The second-order valence-corrected chi connectivity index (χ2v) is 5.55. The molecule has 5 heteroatoms. The minimum absolute atomic E-state index is 0.221. The van der Waals surface area contributed by atoms with Gasteiger partial charge in [-0.15, -0.1) is 0 Å². The van der Waals surface area contributed by atoms with E-state index in [1.807, 2.05) is 43.0 Å². The zero-order valence-electron chi connectivity index (χ0n) is 13.1. The summed E-state index contributed by atoms with van der Waals surface area (Å²) in [5, 5.41) is 5.11. The lowest BCUT2D eigenvalue weighted by molar-refractivity contribution is -0.130. The summed E-state index contributed by atoms with van der Waals surface area (Å²) in [7, 11) is 0. The van der Waals surface area contributed by atoms with Crippen LogP contribution in [0, 0.1) is 0 Å². The van der Waals surface area contributed by atoms with Gasteiger partial charge in [0.25, 0.3) is 0 Å². The van der Waals surface area contributed by atoms with Crippen molar-refractivity contribution in [2.45, 2.75) is 26.7 Å². The normalized spacial score (nSPS) is 10.7. The number of nitrogens with one attached hydrogen (secondary N) is 1. The van der Waals surface area contributed by atoms with Gasteiger partial charge >= 0.3 is 0 Å². The third-order valence-electron chi connectivity index (χ3n) is 3.70. The van der Waals surface area contributed by atoms with Gasteiger partial charge in [0.05, 0.1) is 5.52 Å². The molecule has 0 unspecified atom stereocenters. The van der Waals surface area contributed by atoms with Crippen molar-refractivity contribution in [3.63, 3.8) is 0 Å². The van der Waals surface area contributed by atoms with Crippen LogP contribution in [0.25, 0.3) is 10.9 Å². The van der Waals surface area contributed by atoms with Crippen LogP contribution >= 0.6 is 11.6 Å². The van der Waals surface area contributed by atoms with Crippen molar-refractivity contribution < 1.29 is 4.79 Å². The summed E-state index contributed by atoms with van der Waals surface area (Å²) in [6, 6.07) is 7.63. The fourth-order valence-corrected chi connectivity index (χ4v) is 2.64. The first-order valence-corrected chi connectivity index (χ1v) is 8.09. The zero-order valence-corrected chi connectivity index (χ0v) is 13.9. The standard InChI is InChI=1S/C17H22ClN3O/c1-3-21(4-2)17(22)6-5-10-19-15-9-11-20-16-12-13(18)7-8-14(15)16/h7-9,11-12H,3-6,10H2,1-2H3,(H,19,20). The van der Waals surface area contributed by atoms with Gasteiger partial charge in [-0.2, -0.15) is 0 Å². The minimum atomic E-state index is 0.221. The van der Waals surface area contributed by atoms with Crippen molar-refractivity contribution in [2.75, 3.05) is 25.0 Å². The quantitative estimate of drug-likeness (QED) is 0.786. The molecule has 22 heavy (non-hydrogen) atoms. The highest BCUT2D eigenvalue weighted by Crippen LogP contribution is 2.24. The van der Waals surface area contributed by atoms with E-state index in [9.17, 15) is 4.79 Å². The Hall–Kier alpha value is -1.81. The Balaban J connectivity index is 1.91. The second-order valence-electron chi connectivity index (χ2n) is 5.12. The fourth-order valence-electron chi connectivity index (χ4n) is 2.47. The van der Waals surface area contributed by atoms with Crippen LogP contribution in [0.1, 0.15) is 26.7 Å². The van der Waals surface area contributed by atoms with E-state index in [1.165, 1.54) is 0 Å². The van der Waals surface area contributed by atoms with E-state index >= 15 is 0 Å². The molecule has 0 atom stereocenters. The number of benzene rings is 1. The van der Waals surface area contributed by atoms with E-state index in [4.69, 9.17) is 11.6 Å². The fraction of sp³-hybridized carbons (Fsp3) is 0.412. The van der Waals surface area contributed by atoms with Crippen molar-refractivity contribution in [1.82, 2.24) is 9.88 Å². The van der Waals surface area contributed by atoms with Crippen LogP contribution in [0.5, 0.6) is 0 Å². The number of fused-ring (bicyclic) bond motifs is 1. The lowest BCUT2D eigenvalue weighted by Crippen LogP contribution is -2.30. The Morgan fingerprint density at radius 1 is 1.27 bits per heavy atom.